The average molecular weight is 397 g/mol. The van der Waals surface area contributed by atoms with Gasteiger partial charge in [0.2, 0.25) is 0 Å². The maximum absolute atomic E-state index is 10.3. The third-order valence-electron chi connectivity index (χ3n) is 2.38. The van der Waals surface area contributed by atoms with E-state index >= 15 is 0 Å². The third-order valence-corrected chi connectivity index (χ3v) is 5.60. The molecule has 1 aromatic heterocycles. The summed E-state index contributed by atoms with van der Waals surface area (Å²) >= 11 is 14.2. The second-order valence-electron chi connectivity index (χ2n) is 3.70. The maximum Gasteiger partial charge on any atom is 0.114 e. The van der Waals surface area contributed by atoms with Crippen LogP contribution in [-0.2, 0) is 0 Å². The maximum atomic E-state index is 10.3. The molecule has 1 atom stereocenters. The molecule has 0 aliphatic heterocycles. The van der Waals surface area contributed by atoms with Gasteiger partial charge in [0.05, 0.1) is 8.81 Å². The van der Waals surface area contributed by atoms with Crippen LogP contribution in [-0.4, -0.2) is 5.11 Å². The minimum absolute atomic E-state index is 0.632. The molecule has 1 unspecified atom stereocenters. The van der Waals surface area contributed by atoms with E-state index in [2.05, 4.69) is 31.9 Å². The molecule has 1 nitrogen and oxygen atoms in total. The molecule has 0 bridgehead atoms. The van der Waals surface area contributed by atoms with Crippen LogP contribution in [0.4, 0.5) is 0 Å². The van der Waals surface area contributed by atoms with E-state index in [9.17, 15) is 5.11 Å². The summed E-state index contributed by atoms with van der Waals surface area (Å²) < 4.78 is 1.75. The molecule has 0 radical (unpaired) electrons. The number of aryl methyl sites for hydroxylation is 1. The lowest BCUT2D eigenvalue weighted by Crippen LogP contribution is -1.98. The van der Waals surface area contributed by atoms with Crippen molar-refractivity contribution in [3.63, 3.8) is 0 Å². The molecular formula is C12H9Br2ClOS. The van der Waals surface area contributed by atoms with Gasteiger partial charge in [0.15, 0.2) is 0 Å². The van der Waals surface area contributed by atoms with Gasteiger partial charge in [0.1, 0.15) is 6.10 Å². The Labute approximate surface area is 126 Å². The van der Waals surface area contributed by atoms with Crippen molar-refractivity contribution in [3.8, 4) is 0 Å². The molecule has 1 N–H and O–H groups in total. The molecule has 2 rings (SSSR count). The van der Waals surface area contributed by atoms with Crippen molar-refractivity contribution in [2.45, 2.75) is 13.0 Å². The highest BCUT2D eigenvalue weighted by atomic mass is 79.9. The van der Waals surface area contributed by atoms with E-state index < -0.39 is 6.10 Å². The van der Waals surface area contributed by atoms with Gasteiger partial charge in [0.25, 0.3) is 0 Å². The second kappa shape index (κ2) is 5.41. The first kappa shape index (κ1) is 13.6. The van der Waals surface area contributed by atoms with E-state index in [1.807, 2.05) is 25.1 Å². The molecule has 0 aliphatic carbocycles. The Morgan fingerprint density at radius 2 is 2.00 bits per heavy atom. The summed E-state index contributed by atoms with van der Waals surface area (Å²) in [5.74, 6) is 0. The quantitative estimate of drug-likeness (QED) is 0.729. The molecule has 2 aromatic rings. The van der Waals surface area contributed by atoms with Gasteiger partial charge in [0, 0.05) is 9.35 Å². The number of aliphatic hydroxyl groups excluding tert-OH is 1. The van der Waals surface area contributed by atoms with Crippen molar-refractivity contribution >= 4 is 54.8 Å². The summed E-state index contributed by atoms with van der Waals surface area (Å²) in [6.07, 6.45) is -0.654. The zero-order chi connectivity index (χ0) is 12.6. The highest BCUT2D eigenvalue weighted by Gasteiger charge is 2.17. The first-order valence-corrected chi connectivity index (χ1v) is 7.66. The highest BCUT2D eigenvalue weighted by molar-refractivity contribution is 9.11. The van der Waals surface area contributed by atoms with E-state index in [4.69, 9.17) is 11.6 Å². The Hall–Kier alpha value is 0.130. The Morgan fingerprint density at radius 3 is 2.53 bits per heavy atom. The third kappa shape index (κ3) is 2.93. The van der Waals surface area contributed by atoms with Gasteiger partial charge in [-0.25, -0.2) is 0 Å². The molecule has 5 heteroatoms. The topological polar surface area (TPSA) is 20.2 Å². The van der Waals surface area contributed by atoms with Gasteiger partial charge in [-0.3, -0.25) is 0 Å². The lowest BCUT2D eigenvalue weighted by atomic mass is 10.1. The summed E-state index contributed by atoms with van der Waals surface area (Å²) in [6, 6.07) is 7.68. The van der Waals surface area contributed by atoms with Gasteiger partial charge in [-0.15, -0.1) is 11.3 Å². The number of aliphatic hydroxyl groups is 1. The number of rotatable bonds is 2. The fourth-order valence-electron chi connectivity index (χ4n) is 1.51. The van der Waals surface area contributed by atoms with E-state index in [-0.39, 0.29) is 0 Å². The van der Waals surface area contributed by atoms with Crippen molar-refractivity contribution in [2.24, 2.45) is 0 Å². The molecule has 1 heterocycles. The van der Waals surface area contributed by atoms with E-state index in [0.29, 0.717) is 5.02 Å². The minimum atomic E-state index is -0.654. The van der Waals surface area contributed by atoms with Gasteiger partial charge in [-0.1, -0.05) is 39.7 Å². The van der Waals surface area contributed by atoms with Gasteiger partial charge in [-0.05, 0) is 46.1 Å². The molecule has 0 aliphatic rings. The van der Waals surface area contributed by atoms with Crippen LogP contribution in [0.25, 0.3) is 0 Å². The van der Waals surface area contributed by atoms with Crippen molar-refractivity contribution in [2.75, 3.05) is 0 Å². The van der Waals surface area contributed by atoms with E-state index in [1.54, 1.807) is 6.07 Å². The van der Waals surface area contributed by atoms with Crippen LogP contribution in [0.1, 0.15) is 22.1 Å². The highest BCUT2D eigenvalue weighted by Crippen LogP contribution is 2.39. The van der Waals surface area contributed by atoms with Crippen molar-refractivity contribution in [1.29, 1.82) is 0 Å². The van der Waals surface area contributed by atoms with Crippen molar-refractivity contribution in [3.05, 3.63) is 53.6 Å². The summed E-state index contributed by atoms with van der Waals surface area (Å²) in [6.45, 7) is 2.01. The van der Waals surface area contributed by atoms with Crippen LogP contribution in [0.5, 0.6) is 0 Å². The van der Waals surface area contributed by atoms with Crippen LogP contribution in [0.15, 0.2) is 32.5 Å². The normalized spacial score (nSPS) is 12.8. The molecule has 1 aromatic carbocycles. The Bertz CT molecular complexity index is 534. The van der Waals surface area contributed by atoms with Crippen LogP contribution >= 0.6 is 54.8 Å². The van der Waals surface area contributed by atoms with Crippen LogP contribution in [0, 0.1) is 6.92 Å². The summed E-state index contributed by atoms with van der Waals surface area (Å²) in [5.41, 5.74) is 2.00. The molecule has 0 saturated carbocycles. The van der Waals surface area contributed by atoms with Gasteiger partial charge in [-0.2, -0.15) is 0 Å². The van der Waals surface area contributed by atoms with Gasteiger partial charge >= 0.3 is 0 Å². The zero-order valence-electron chi connectivity index (χ0n) is 8.88. The molecular weight excluding hydrogens is 387 g/mol. The largest absolute Gasteiger partial charge is 0.383 e. The lowest BCUT2D eigenvalue weighted by Gasteiger charge is -2.11. The standard InChI is InChI=1S/C12H9Br2ClOS/c1-6-2-3-7(8(13)4-6)11(16)10-5-9(15)12(14)17-10/h2-5,11,16H,1H3. The van der Waals surface area contributed by atoms with Gasteiger partial charge < -0.3 is 5.11 Å². The number of thiophene rings is 1. The number of benzene rings is 1. The molecule has 0 saturated heterocycles. The predicted molar refractivity (Wildman–Crippen MR) is 80.0 cm³/mol. The monoisotopic (exact) mass is 394 g/mol. The Morgan fingerprint density at radius 1 is 1.29 bits per heavy atom. The Balaban J connectivity index is 2.39. The number of hydrogen-bond donors (Lipinski definition) is 1. The molecule has 0 fully saturated rings. The van der Waals surface area contributed by atoms with Crippen LogP contribution in [0.2, 0.25) is 5.02 Å². The lowest BCUT2D eigenvalue weighted by molar-refractivity contribution is 0.223. The fraction of sp³-hybridized carbons (Fsp3) is 0.167. The molecule has 17 heavy (non-hydrogen) atoms. The smallest absolute Gasteiger partial charge is 0.114 e. The summed E-state index contributed by atoms with van der Waals surface area (Å²) in [7, 11) is 0. The van der Waals surface area contributed by atoms with E-state index in [0.717, 1.165) is 24.3 Å². The first-order valence-electron chi connectivity index (χ1n) is 4.88. The number of halogens is 3. The molecule has 0 spiro atoms. The summed E-state index contributed by atoms with van der Waals surface area (Å²) in [4.78, 5) is 0.825. The Kier molecular flexibility index (Phi) is 4.31. The molecule has 90 valence electrons. The second-order valence-corrected chi connectivity index (χ2v) is 7.36. The first-order chi connectivity index (χ1) is 7.99. The summed E-state index contributed by atoms with van der Waals surface area (Å²) in [5, 5.41) is 10.9. The zero-order valence-corrected chi connectivity index (χ0v) is 13.6. The number of hydrogen-bond acceptors (Lipinski definition) is 2. The SMILES string of the molecule is Cc1ccc(C(O)c2cc(Cl)c(Br)s2)c(Br)c1. The van der Waals surface area contributed by atoms with Crippen LogP contribution in [0.3, 0.4) is 0 Å². The van der Waals surface area contributed by atoms with Crippen LogP contribution < -0.4 is 0 Å². The minimum Gasteiger partial charge on any atom is -0.383 e. The van der Waals surface area contributed by atoms with E-state index in [1.165, 1.54) is 11.3 Å². The predicted octanol–water partition coefficient (Wildman–Crippen LogP) is 5.32. The average Bonchev–Trinajstić information content (AvgIpc) is 2.58. The van der Waals surface area contributed by atoms with Crippen molar-refractivity contribution < 1.29 is 5.11 Å². The fourth-order valence-corrected chi connectivity index (χ4v) is 3.97. The molecule has 0 amide bonds. The van der Waals surface area contributed by atoms with Crippen molar-refractivity contribution in [1.82, 2.24) is 0 Å².